The number of hydrogen-bond acceptors (Lipinski definition) is 2. The predicted octanol–water partition coefficient (Wildman–Crippen LogP) is 2.92. The highest BCUT2D eigenvalue weighted by atomic mass is 15.2. The van der Waals surface area contributed by atoms with Crippen molar-refractivity contribution in [1.82, 2.24) is 10.2 Å². The van der Waals surface area contributed by atoms with E-state index in [0.717, 1.165) is 12.6 Å². The average molecular weight is 256 g/mol. The van der Waals surface area contributed by atoms with E-state index in [1.807, 2.05) is 0 Å². The zero-order valence-electron chi connectivity index (χ0n) is 11.6. The zero-order chi connectivity index (χ0) is 13.1. The van der Waals surface area contributed by atoms with E-state index in [9.17, 15) is 0 Å². The van der Waals surface area contributed by atoms with Gasteiger partial charge in [-0.3, -0.25) is 4.90 Å². The maximum Gasteiger partial charge on any atom is 0.0249 e. The first kappa shape index (κ1) is 12.9. The minimum Gasteiger partial charge on any atom is -0.308 e. The lowest BCUT2D eigenvalue weighted by atomic mass is 9.98. The molecule has 2 nitrogen and oxygen atoms in total. The van der Waals surface area contributed by atoms with Gasteiger partial charge in [-0.25, -0.2) is 0 Å². The van der Waals surface area contributed by atoms with Crippen molar-refractivity contribution in [3.05, 3.63) is 42.5 Å². The minimum atomic E-state index is 0.667. The maximum absolute atomic E-state index is 4.21. The molecule has 0 radical (unpaired) electrons. The van der Waals surface area contributed by atoms with Crippen LogP contribution in [-0.4, -0.2) is 36.6 Å². The van der Waals surface area contributed by atoms with Crippen LogP contribution in [0.15, 0.2) is 36.9 Å². The van der Waals surface area contributed by atoms with Gasteiger partial charge in [-0.1, -0.05) is 43.3 Å². The summed E-state index contributed by atoms with van der Waals surface area (Å²) in [6.45, 7) is 7.72. The van der Waals surface area contributed by atoms with E-state index in [-0.39, 0.29) is 0 Å². The van der Waals surface area contributed by atoms with Crippen LogP contribution in [-0.2, 0) is 0 Å². The SMILES string of the molecule is C=C(CNC1CCN2CCCCC12)c1ccccc1. The van der Waals surface area contributed by atoms with Crippen molar-refractivity contribution in [2.75, 3.05) is 19.6 Å². The second kappa shape index (κ2) is 5.89. The number of fused-ring (bicyclic) bond motifs is 1. The third-order valence-electron chi connectivity index (χ3n) is 4.62. The molecule has 2 saturated heterocycles. The first-order chi connectivity index (χ1) is 9.34. The highest BCUT2D eigenvalue weighted by Gasteiger charge is 2.34. The van der Waals surface area contributed by atoms with Crippen LogP contribution < -0.4 is 5.32 Å². The normalized spacial score (nSPS) is 27.2. The van der Waals surface area contributed by atoms with Crippen LogP contribution in [0.1, 0.15) is 31.2 Å². The van der Waals surface area contributed by atoms with Crippen LogP contribution in [0.4, 0.5) is 0 Å². The van der Waals surface area contributed by atoms with Crippen LogP contribution in [0, 0.1) is 0 Å². The van der Waals surface area contributed by atoms with Gasteiger partial charge in [0, 0.05) is 25.2 Å². The van der Waals surface area contributed by atoms with Gasteiger partial charge in [0.2, 0.25) is 0 Å². The number of nitrogens with zero attached hydrogens (tertiary/aromatic N) is 1. The molecule has 0 aliphatic carbocycles. The van der Waals surface area contributed by atoms with Crippen molar-refractivity contribution in [2.45, 2.75) is 37.8 Å². The van der Waals surface area contributed by atoms with Crippen molar-refractivity contribution in [3.63, 3.8) is 0 Å². The molecule has 2 unspecified atom stereocenters. The molecule has 2 heteroatoms. The van der Waals surface area contributed by atoms with Gasteiger partial charge in [0.25, 0.3) is 0 Å². The Hall–Kier alpha value is -1.12. The first-order valence-electron chi connectivity index (χ1n) is 7.55. The van der Waals surface area contributed by atoms with Gasteiger partial charge in [0.05, 0.1) is 0 Å². The summed E-state index contributed by atoms with van der Waals surface area (Å²) in [5, 5.41) is 3.74. The summed E-state index contributed by atoms with van der Waals surface area (Å²) in [7, 11) is 0. The van der Waals surface area contributed by atoms with Gasteiger partial charge >= 0.3 is 0 Å². The molecule has 2 aliphatic heterocycles. The molecule has 0 spiro atoms. The molecule has 2 fully saturated rings. The standard InChI is InChI=1S/C17H24N2/c1-14(15-7-3-2-4-8-15)13-18-16-10-12-19-11-6-5-9-17(16)19/h2-4,7-8,16-18H,1,5-6,9-13H2. The largest absolute Gasteiger partial charge is 0.308 e. The van der Waals surface area contributed by atoms with Crippen molar-refractivity contribution in [2.24, 2.45) is 0 Å². The van der Waals surface area contributed by atoms with Crippen molar-refractivity contribution in [1.29, 1.82) is 0 Å². The molecule has 0 bridgehead atoms. The molecule has 0 amide bonds. The summed E-state index contributed by atoms with van der Waals surface area (Å²) >= 11 is 0. The van der Waals surface area contributed by atoms with Gasteiger partial charge in [-0.15, -0.1) is 0 Å². The molecule has 102 valence electrons. The summed E-state index contributed by atoms with van der Waals surface area (Å²) in [4.78, 5) is 2.67. The lowest BCUT2D eigenvalue weighted by Crippen LogP contribution is -2.45. The third-order valence-corrected chi connectivity index (χ3v) is 4.62. The molecule has 2 aliphatic rings. The Labute approximate surface area is 116 Å². The predicted molar refractivity (Wildman–Crippen MR) is 81.1 cm³/mol. The number of piperidine rings is 1. The van der Waals surface area contributed by atoms with Crippen LogP contribution in [0.3, 0.4) is 0 Å². The van der Waals surface area contributed by atoms with Gasteiger partial charge in [-0.05, 0) is 36.9 Å². The number of nitrogens with one attached hydrogen (secondary N) is 1. The molecule has 3 rings (SSSR count). The number of hydrogen-bond donors (Lipinski definition) is 1. The van der Waals surface area contributed by atoms with E-state index < -0.39 is 0 Å². The monoisotopic (exact) mass is 256 g/mol. The summed E-state index contributed by atoms with van der Waals surface area (Å²) in [6.07, 6.45) is 5.46. The molecular weight excluding hydrogens is 232 g/mol. The van der Waals surface area contributed by atoms with Gasteiger partial charge in [0.15, 0.2) is 0 Å². The topological polar surface area (TPSA) is 15.3 Å². The molecular formula is C17H24N2. The zero-order valence-corrected chi connectivity index (χ0v) is 11.6. The smallest absolute Gasteiger partial charge is 0.0249 e. The van der Waals surface area contributed by atoms with Crippen LogP contribution in [0.25, 0.3) is 5.57 Å². The second-order valence-corrected chi connectivity index (χ2v) is 5.84. The maximum atomic E-state index is 4.21. The molecule has 2 atom stereocenters. The summed E-state index contributed by atoms with van der Waals surface area (Å²) in [6, 6.07) is 12.0. The molecule has 1 aromatic carbocycles. The van der Waals surface area contributed by atoms with Crippen molar-refractivity contribution < 1.29 is 0 Å². The molecule has 1 aromatic rings. The molecule has 0 saturated carbocycles. The Morgan fingerprint density at radius 2 is 2.00 bits per heavy atom. The number of rotatable bonds is 4. The van der Waals surface area contributed by atoms with E-state index in [0.29, 0.717) is 6.04 Å². The highest BCUT2D eigenvalue weighted by Crippen LogP contribution is 2.27. The lowest BCUT2D eigenvalue weighted by Gasteiger charge is -2.32. The van der Waals surface area contributed by atoms with Crippen LogP contribution >= 0.6 is 0 Å². The third kappa shape index (κ3) is 2.90. The van der Waals surface area contributed by atoms with Crippen molar-refractivity contribution >= 4 is 5.57 Å². The minimum absolute atomic E-state index is 0.667. The average Bonchev–Trinajstić information content (AvgIpc) is 2.89. The Morgan fingerprint density at radius 3 is 2.84 bits per heavy atom. The molecule has 1 N–H and O–H groups in total. The Bertz CT molecular complexity index is 426. The highest BCUT2D eigenvalue weighted by molar-refractivity contribution is 5.64. The van der Waals surface area contributed by atoms with Crippen LogP contribution in [0.5, 0.6) is 0 Å². The van der Waals surface area contributed by atoms with Gasteiger partial charge in [0.1, 0.15) is 0 Å². The fourth-order valence-electron chi connectivity index (χ4n) is 3.52. The van der Waals surface area contributed by atoms with Crippen molar-refractivity contribution in [3.8, 4) is 0 Å². The fourth-order valence-corrected chi connectivity index (χ4v) is 3.52. The summed E-state index contributed by atoms with van der Waals surface area (Å²) in [5.74, 6) is 0. The van der Waals surface area contributed by atoms with E-state index in [4.69, 9.17) is 0 Å². The number of benzene rings is 1. The van der Waals surface area contributed by atoms with Gasteiger partial charge in [-0.2, -0.15) is 0 Å². The Balaban J connectivity index is 1.54. The molecule has 2 heterocycles. The second-order valence-electron chi connectivity index (χ2n) is 5.84. The fraction of sp³-hybridized carbons (Fsp3) is 0.529. The van der Waals surface area contributed by atoms with E-state index in [1.165, 1.54) is 49.9 Å². The van der Waals surface area contributed by atoms with Gasteiger partial charge < -0.3 is 5.32 Å². The Morgan fingerprint density at radius 1 is 1.16 bits per heavy atom. The molecule has 19 heavy (non-hydrogen) atoms. The Kier molecular flexibility index (Phi) is 4.00. The van der Waals surface area contributed by atoms with Crippen LogP contribution in [0.2, 0.25) is 0 Å². The van der Waals surface area contributed by atoms with E-state index in [2.05, 4.69) is 47.1 Å². The lowest BCUT2D eigenvalue weighted by molar-refractivity contribution is 0.182. The summed E-state index contributed by atoms with van der Waals surface area (Å²) < 4.78 is 0. The van der Waals surface area contributed by atoms with E-state index >= 15 is 0 Å². The van der Waals surface area contributed by atoms with E-state index in [1.54, 1.807) is 0 Å². The molecule has 0 aromatic heterocycles. The summed E-state index contributed by atoms with van der Waals surface area (Å²) in [5.41, 5.74) is 2.46. The quantitative estimate of drug-likeness (QED) is 0.891. The first-order valence-corrected chi connectivity index (χ1v) is 7.55.